The molecule has 0 spiro atoms. The van der Waals surface area contributed by atoms with Crippen LogP contribution in [0.4, 0.5) is 9.52 Å². The lowest BCUT2D eigenvalue weighted by Gasteiger charge is -2.23. The van der Waals surface area contributed by atoms with Crippen LogP contribution in [0, 0.1) is 12.7 Å². The Labute approximate surface area is 229 Å². The zero-order valence-electron chi connectivity index (χ0n) is 21.5. The number of amides is 1. The molecule has 1 atom stereocenters. The van der Waals surface area contributed by atoms with Crippen LogP contribution < -0.4 is 9.64 Å². The highest BCUT2D eigenvalue weighted by Gasteiger charge is 2.48. The Morgan fingerprint density at radius 1 is 1.18 bits per heavy atom. The molecule has 202 valence electrons. The summed E-state index contributed by atoms with van der Waals surface area (Å²) in [6.45, 7) is 7.69. The molecule has 4 rings (SSSR count). The van der Waals surface area contributed by atoms with Gasteiger partial charge in [0.05, 0.1) is 23.9 Å². The molecule has 1 aliphatic heterocycles. The first kappa shape index (κ1) is 27.7. The summed E-state index contributed by atoms with van der Waals surface area (Å²) in [6, 6.07) is 10.6. The van der Waals surface area contributed by atoms with Crippen molar-refractivity contribution in [2.45, 2.75) is 32.7 Å². The predicted octanol–water partition coefficient (Wildman–Crippen LogP) is 5.74. The van der Waals surface area contributed by atoms with E-state index in [1.54, 1.807) is 31.2 Å². The molecule has 1 amide bonds. The van der Waals surface area contributed by atoms with Crippen molar-refractivity contribution in [3.8, 4) is 5.75 Å². The van der Waals surface area contributed by atoms with Crippen LogP contribution in [0.3, 0.4) is 0 Å². The molecular formula is C29H27FN2O6S. The second kappa shape index (κ2) is 12.0. The standard InChI is InChI=1S/C29H27FN2O6S/c1-4-6-16-37-21-13-9-19(10-14-21)24(33)22-23(18-7-11-20(30)12-8-18)32(27(35)25(22)34)29-31-17(3)26(39-29)28(36)38-15-5-2/h5,7-14,23,33H,2,4,6,15-16H2,1,3H3/t23-/m1/s1. The molecule has 0 aliphatic carbocycles. The Hall–Kier alpha value is -4.31. The van der Waals surface area contributed by atoms with Gasteiger partial charge >= 0.3 is 11.9 Å². The third kappa shape index (κ3) is 5.75. The summed E-state index contributed by atoms with van der Waals surface area (Å²) < 4.78 is 24.5. The van der Waals surface area contributed by atoms with Gasteiger partial charge in [0.15, 0.2) is 5.13 Å². The van der Waals surface area contributed by atoms with Crippen molar-refractivity contribution in [1.82, 2.24) is 4.98 Å². The second-order valence-electron chi connectivity index (χ2n) is 8.75. The number of hydrogen-bond acceptors (Lipinski definition) is 8. The number of hydrogen-bond donors (Lipinski definition) is 1. The molecule has 2 heterocycles. The second-order valence-corrected chi connectivity index (χ2v) is 9.72. The van der Waals surface area contributed by atoms with E-state index in [1.807, 2.05) is 0 Å². The fourth-order valence-corrected chi connectivity index (χ4v) is 5.05. The Morgan fingerprint density at radius 2 is 1.87 bits per heavy atom. The minimum atomic E-state index is -1.12. The highest BCUT2D eigenvalue weighted by atomic mass is 32.1. The summed E-state index contributed by atoms with van der Waals surface area (Å²) >= 11 is 0.882. The number of ether oxygens (including phenoxy) is 2. The summed E-state index contributed by atoms with van der Waals surface area (Å²) in [5, 5.41) is 11.3. The molecule has 39 heavy (non-hydrogen) atoms. The molecular weight excluding hydrogens is 523 g/mol. The van der Waals surface area contributed by atoms with E-state index in [2.05, 4.69) is 18.5 Å². The largest absolute Gasteiger partial charge is 0.507 e. The quantitative estimate of drug-likeness (QED) is 0.0857. The zero-order valence-corrected chi connectivity index (χ0v) is 22.3. The number of benzene rings is 2. The van der Waals surface area contributed by atoms with Crippen molar-refractivity contribution in [2.75, 3.05) is 18.1 Å². The van der Waals surface area contributed by atoms with Gasteiger partial charge in [0.25, 0.3) is 5.78 Å². The normalized spacial score (nSPS) is 16.4. The number of aromatic nitrogens is 1. The number of rotatable bonds is 10. The summed E-state index contributed by atoms with van der Waals surface area (Å²) in [4.78, 5) is 44.8. The molecule has 1 N–H and O–H groups in total. The van der Waals surface area contributed by atoms with Crippen molar-refractivity contribution >= 4 is 39.9 Å². The number of carbonyl (C=O) groups excluding carboxylic acids is 3. The van der Waals surface area contributed by atoms with Crippen molar-refractivity contribution < 1.29 is 33.4 Å². The highest BCUT2D eigenvalue weighted by molar-refractivity contribution is 7.17. The van der Waals surface area contributed by atoms with Gasteiger partial charge in [-0.05, 0) is 55.3 Å². The number of nitrogens with zero attached hydrogens (tertiary/aromatic N) is 2. The van der Waals surface area contributed by atoms with Gasteiger partial charge in [-0.2, -0.15) is 0 Å². The number of halogens is 1. The molecule has 2 aromatic carbocycles. The number of aliphatic hydroxyl groups excluding tert-OH is 1. The third-order valence-electron chi connectivity index (χ3n) is 6.03. The van der Waals surface area contributed by atoms with E-state index in [4.69, 9.17) is 9.47 Å². The maximum atomic E-state index is 13.8. The predicted molar refractivity (Wildman–Crippen MR) is 145 cm³/mol. The molecule has 0 unspecified atom stereocenters. The Morgan fingerprint density at radius 3 is 2.51 bits per heavy atom. The van der Waals surface area contributed by atoms with Gasteiger partial charge in [-0.1, -0.05) is 49.5 Å². The zero-order chi connectivity index (χ0) is 28.1. The van der Waals surface area contributed by atoms with Crippen molar-refractivity contribution in [3.63, 3.8) is 0 Å². The number of aryl methyl sites for hydroxylation is 1. The average molecular weight is 551 g/mol. The van der Waals surface area contributed by atoms with Gasteiger partial charge in [-0.15, -0.1) is 0 Å². The van der Waals surface area contributed by atoms with E-state index in [-0.39, 0.29) is 22.2 Å². The van der Waals surface area contributed by atoms with Gasteiger partial charge in [0.1, 0.15) is 28.8 Å². The Balaban J connectivity index is 1.79. The number of anilines is 1. The first-order valence-corrected chi connectivity index (χ1v) is 13.1. The molecule has 1 saturated heterocycles. The molecule has 3 aromatic rings. The number of esters is 1. The molecule has 0 saturated carbocycles. The van der Waals surface area contributed by atoms with Crippen molar-refractivity contribution in [3.05, 3.63) is 94.3 Å². The molecule has 0 radical (unpaired) electrons. The van der Waals surface area contributed by atoms with E-state index >= 15 is 0 Å². The van der Waals surface area contributed by atoms with Gasteiger partial charge in [-0.25, -0.2) is 14.2 Å². The minimum absolute atomic E-state index is 0.00592. The van der Waals surface area contributed by atoms with Crippen LogP contribution in [0.2, 0.25) is 0 Å². The fourth-order valence-electron chi connectivity index (χ4n) is 4.06. The molecule has 1 fully saturated rings. The lowest BCUT2D eigenvalue weighted by Crippen LogP contribution is -2.29. The van der Waals surface area contributed by atoms with Gasteiger partial charge < -0.3 is 14.6 Å². The number of Topliss-reactive ketones (excluding diaryl/α,β-unsaturated/α-hetero) is 1. The Bertz CT molecular complexity index is 1430. The lowest BCUT2D eigenvalue weighted by molar-refractivity contribution is -0.132. The topological polar surface area (TPSA) is 106 Å². The van der Waals surface area contributed by atoms with Crippen LogP contribution in [0.5, 0.6) is 5.75 Å². The van der Waals surface area contributed by atoms with E-state index < -0.39 is 35.3 Å². The molecule has 10 heteroatoms. The SMILES string of the molecule is C=CCOC(=O)c1sc(N2C(=O)C(=O)C(=C(O)c3ccc(OCCCC)cc3)[C@H]2c2ccc(F)cc2)nc1C. The highest BCUT2D eigenvalue weighted by Crippen LogP contribution is 2.44. The number of unbranched alkanes of at least 4 members (excludes halogenated alkanes) is 1. The maximum Gasteiger partial charge on any atom is 0.350 e. The van der Waals surface area contributed by atoms with Crippen molar-refractivity contribution in [1.29, 1.82) is 0 Å². The third-order valence-corrected chi connectivity index (χ3v) is 7.17. The summed E-state index contributed by atoms with van der Waals surface area (Å²) in [7, 11) is 0. The smallest absolute Gasteiger partial charge is 0.350 e. The van der Waals surface area contributed by atoms with E-state index in [0.29, 0.717) is 29.2 Å². The number of carbonyl (C=O) groups is 3. The van der Waals surface area contributed by atoms with E-state index in [0.717, 1.165) is 29.1 Å². The Kier molecular flexibility index (Phi) is 8.55. The monoisotopic (exact) mass is 550 g/mol. The summed E-state index contributed by atoms with van der Waals surface area (Å²) in [6.07, 6.45) is 3.30. The molecule has 1 aliphatic rings. The van der Waals surface area contributed by atoms with Crippen LogP contribution in [0.25, 0.3) is 5.76 Å². The van der Waals surface area contributed by atoms with Crippen LogP contribution >= 0.6 is 11.3 Å². The number of ketones is 1. The van der Waals surface area contributed by atoms with E-state index in [1.165, 1.54) is 30.3 Å². The lowest BCUT2D eigenvalue weighted by atomic mass is 9.95. The summed E-state index contributed by atoms with van der Waals surface area (Å²) in [5.74, 6) is -2.83. The number of thiazole rings is 1. The van der Waals surface area contributed by atoms with Crippen LogP contribution in [0.15, 0.2) is 66.8 Å². The molecule has 0 bridgehead atoms. The van der Waals surface area contributed by atoms with E-state index in [9.17, 15) is 23.9 Å². The van der Waals surface area contributed by atoms with Gasteiger partial charge in [0, 0.05) is 5.56 Å². The fraction of sp³-hybridized carbons (Fsp3) is 0.241. The average Bonchev–Trinajstić information content (AvgIpc) is 3.44. The van der Waals surface area contributed by atoms with Crippen LogP contribution in [-0.2, 0) is 14.3 Å². The maximum absolute atomic E-state index is 13.8. The van der Waals surface area contributed by atoms with Gasteiger partial charge in [-0.3, -0.25) is 14.5 Å². The summed E-state index contributed by atoms with van der Waals surface area (Å²) in [5.41, 5.74) is 0.796. The minimum Gasteiger partial charge on any atom is -0.507 e. The van der Waals surface area contributed by atoms with Gasteiger partial charge in [0.2, 0.25) is 0 Å². The van der Waals surface area contributed by atoms with Crippen LogP contribution in [-0.4, -0.2) is 41.0 Å². The molecule has 1 aromatic heterocycles. The first-order chi connectivity index (χ1) is 18.8. The van der Waals surface area contributed by atoms with Crippen LogP contribution in [0.1, 0.15) is 52.3 Å². The first-order valence-electron chi connectivity index (χ1n) is 12.3. The van der Waals surface area contributed by atoms with Crippen molar-refractivity contribution in [2.24, 2.45) is 0 Å². The number of aliphatic hydroxyl groups is 1. The molecule has 8 nitrogen and oxygen atoms in total.